The minimum absolute atomic E-state index is 0.325. The molecule has 1 aromatic heterocycles. The number of nitrogens with zero attached hydrogens (tertiary/aromatic N) is 2. The SMILES string of the molecule is COc1ccc(Cl)cc1NC(=O)NCCSc1ncn[nH]1. The van der Waals surface area contributed by atoms with Crippen LogP contribution >= 0.6 is 23.4 Å². The van der Waals surface area contributed by atoms with Crippen molar-refractivity contribution in [1.29, 1.82) is 0 Å². The van der Waals surface area contributed by atoms with Gasteiger partial charge in [-0.1, -0.05) is 23.4 Å². The van der Waals surface area contributed by atoms with Crippen LogP contribution in [0, 0.1) is 0 Å². The Morgan fingerprint density at radius 3 is 3.10 bits per heavy atom. The number of amides is 2. The zero-order chi connectivity index (χ0) is 15.1. The Balaban J connectivity index is 1.77. The summed E-state index contributed by atoms with van der Waals surface area (Å²) in [4.78, 5) is 15.8. The highest BCUT2D eigenvalue weighted by molar-refractivity contribution is 7.99. The molecule has 0 radical (unpaired) electrons. The second kappa shape index (κ2) is 7.75. The van der Waals surface area contributed by atoms with E-state index in [-0.39, 0.29) is 6.03 Å². The molecule has 0 bridgehead atoms. The Hall–Kier alpha value is -1.93. The number of methoxy groups -OCH3 is 1. The van der Waals surface area contributed by atoms with E-state index in [2.05, 4.69) is 25.8 Å². The molecule has 0 atom stereocenters. The molecule has 2 rings (SSSR count). The maximum atomic E-state index is 11.8. The van der Waals surface area contributed by atoms with Gasteiger partial charge in [-0.25, -0.2) is 9.78 Å². The van der Waals surface area contributed by atoms with Crippen LogP contribution in [0.5, 0.6) is 5.75 Å². The summed E-state index contributed by atoms with van der Waals surface area (Å²) in [5.41, 5.74) is 0.519. The fourth-order valence-electron chi connectivity index (χ4n) is 1.52. The number of nitrogens with one attached hydrogen (secondary N) is 3. The summed E-state index contributed by atoms with van der Waals surface area (Å²) in [5.74, 6) is 1.22. The highest BCUT2D eigenvalue weighted by Crippen LogP contribution is 2.27. The minimum atomic E-state index is -0.325. The molecule has 3 N–H and O–H groups in total. The number of rotatable bonds is 6. The predicted octanol–water partition coefficient (Wildman–Crippen LogP) is 2.38. The third-order valence-electron chi connectivity index (χ3n) is 2.43. The molecule has 2 aromatic rings. The first-order chi connectivity index (χ1) is 10.2. The van der Waals surface area contributed by atoms with Gasteiger partial charge in [0.15, 0.2) is 5.16 Å². The van der Waals surface area contributed by atoms with Crippen LogP contribution in [0.4, 0.5) is 10.5 Å². The number of anilines is 1. The third-order valence-corrected chi connectivity index (χ3v) is 3.54. The molecule has 1 aromatic carbocycles. The normalized spacial score (nSPS) is 10.2. The monoisotopic (exact) mass is 327 g/mol. The average molecular weight is 328 g/mol. The lowest BCUT2D eigenvalue weighted by Crippen LogP contribution is -2.30. The van der Waals surface area contributed by atoms with Crippen LogP contribution in [0.1, 0.15) is 0 Å². The Morgan fingerprint density at radius 2 is 2.38 bits per heavy atom. The van der Waals surface area contributed by atoms with E-state index in [0.717, 1.165) is 0 Å². The molecule has 0 spiro atoms. The van der Waals surface area contributed by atoms with Crippen molar-refractivity contribution in [3.8, 4) is 5.75 Å². The van der Waals surface area contributed by atoms with Gasteiger partial charge in [0.05, 0.1) is 12.8 Å². The van der Waals surface area contributed by atoms with E-state index < -0.39 is 0 Å². The first kappa shape index (κ1) is 15.5. The molecule has 1 heterocycles. The van der Waals surface area contributed by atoms with Crippen LogP contribution in [0.25, 0.3) is 0 Å². The highest BCUT2D eigenvalue weighted by atomic mass is 35.5. The Labute approximate surface area is 130 Å². The summed E-state index contributed by atoms with van der Waals surface area (Å²) in [6.07, 6.45) is 1.44. The first-order valence-electron chi connectivity index (χ1n) is 6.05. The van der Waals surface area contributed by atoms with Crippen LogP contribution in [-0.4, -0.2) is 40.6 Å². The van der Waals surface area contributed by atoms with Crippen LogP contribution in [0.2, 0.25) is 5.02 Å². The summed E-state index contributed by atoms with van der Waals surface area (Å²) < 4.78 is 5.15. The standard InChI is InChI=1S/C12H14ClN5O2S/c1-20-10-3-2-8(13)6-9(10)17-11(19)14-4-5-21-12-15-7-16-18-12/h2-3,6-7H,4-5H2,1H3,(H2,14,17,19)(H,15,16,18). The quantitative estimate of drug-likeness (QED) is 0.559. The molecule has 0 saturated heterocycles. The largest absolute Gasteiger partial charge is 0.495 e. The maximum Gasteiger partial charge on any atom is 0.319 e. The summed E-state index contributed by atoms with van der Waals surface area (Å²) in [7, 11) is 1.53. The van der Waals surface area contributed by atoms with Crippen molar-refractivity contribution in [3.63, 3.8) is 0 Å². The summed E-state index contributed by atoms with van der Waals surface area (Å²) in [5, 5.41) is 13.1. The molecular weight excluding hydrogens is 314 g/mol. The molecule has 112 valence electrons. The van der Waals surface area contributed by atoms with Gasteiger partial charge < -0.3 is 15.4 Å². The van der Waals surface area contributed by atoms with Crippen molar-refractivity contribution in [2.75, 3.05) is 24.7 Å². The average Bonchev–Trinajstić information content (AvgIpc) is 2.97. The van der Waals surface area contributed by atoms with Gasteiger partial charge in [-0.3, -0.25) is 5.10 Å². The number of urea groups is 1. The number of hydrogen-bond acceptors (Lipinski definition) is 5. The zero-order valence-electron chi connectivity index (χ0n) is 11.2. The molecule has 0 fully saturated rings. The number of thioether (sulfide) groups is 1. The molecule has 2 amide bonds. The maximum absolute atomic E-state index is 11.8. The van der Waals surface area contributed by atoms with Gasteiger partial charge in [0, 0.05) is 17.3 Å². The van der Waals surface area contributed by atoms with Gasteiger partial charge in [-0.2, -0.15) is 5.10 Å². The van der Waals surface area contributed by atoms with Crippen molar-refractivity contribution in [2.24, 2.45) is 0 Å². The van der Waals surface area contributed by atoms with Crippen molar-refractivity contribution >= 4 is 35.1 Å². The molecular formula is C12H14ClN5O2S. The predicted molar refractivity (Wildman–Crippen MR) is 82.1 cm³/mol. The first-order valence-corrected chi connectivity index (χ1v) is 7.42. The summed E-state index contributed by atoms with van der Waals surface area (Å²) in [6, 6.07) is 4.69. The fourth-order valence-corrected chi connectivity index (χ4v) is 2.33. The second-order valence-electron chi connectivity index (χ2n) is 3.86. The van der Waals surface area contributed by atoms with E-state index in [4.69, 9.17) is 16.3 Å². The van der Waals surface area contributed by atoms with E-state index in [0.29, 0.717) is 33.9 Å². The summed E-state index contributed by atoms with van der Waals surface area (Å²) in [6.45, 7) is 0.486. The second-order valence-corrected chi connectivity index (χ2v) is 5.38. The van der Waals surface area contributed by atoms with Gasteiger partial charge in [0.2, 0.25) is 0 Å². The number of halogens is 1. The number of H-pyrrole nitrogens is 1. The number of carbonyl (C=O) groups excluding carboxylic acids is 1. The van der Waals surface area contributed by atoms with Crippen LogP contribution < -0.4 is 15.4 Å². The number of hydrogen-bond donors (Lipinski definition) is 3. The minimum Gasteiger partial charge on any atom is -0.495 e. The van der Waals surface area contributed by atoms with Crippen molar-refractivity contribution < 1.29 is 9.53 Å². The summed E-state index contributed by atoms with van der Waals surface area (Å²) >= 11 is 7.36. The van der Waals surface area contributed by atoms with Crippen LogP contribution in [0.3, 0.4) is 0 Å². The van der Waals surface area contributed by atoms with E-state index in [1.54, 1.807) is 18.2 Å². The number of ether oxygens (including phenoxy) is 1. The Bertz CT molecular complexity index is 593. The topological polar surface area (TPSA) is 91.9 Å². The lowest BCUT2D eigenvalue weighted by molar-refractivity contribution is 0.252. The van der Waals surface area contributed by atoms with Gasteiger partial charge in [0.25, 0.3) is 0 Å². The van der Waals surface area contributed by atoms with Crippen LogP contribution in [0.15, 0.2) is 29.7 Å². The third kappa shape index (κ3) is 4.83. The van der Waals surface area contributed by atoms with Gasteiger partial charge in [-0.05, 0) is 18.2 Å². The lowest BCUT2D eigenvalue weighted by Gasteiger charge is -2.11. The fraction of sp³-hybridized carbons (Fsp3) is 0.250. The number of aromatic amines is 1. The molecule has 7 nitrogen and oxygen atoms in total. The number of carbonyl (C=O) groups is 1. The van der Waals surface area contributed by atoms with E-state index in [1.165, 1.54) is 25.2 Å². The van der Waals surface area contributed by atoms with E-state index in [9.17, 15) is 4.79 Å². The molecule has 0 unspecified atom stereocenters. The Morgan fingerprint density at radius 1 is 1.52 bits per heavy atom. The number of benzene rings is 1. The van der Waals surface area contributed by atoms with Gasteiger partial charge >= 0.3 is 6.03 Å². The van der Waals surface area contributed by atoms with Gasteiger partial charge in [-0.15, -0.1) is 0 Å². The van der Waals surface area contributed by atoms with Crippen molar-refractivity contribution in [1.82, 2.24) is 20.5 Å². The van der Waals surface area contributed by atoms with Crippen LogP contribution in [-0.2, 0) is 0 Å². The molecule has 0 aliphatic heterocycles. The Kier molecular flexibility index (Phi) is 5.70. The molecule has 0 aliphatic rings. The van der Waals surface area contributed by atoms with Gasteiger partial charge in [0.1, 0.15) is 12.1 Å². The molecule has 21 heavy (non-hydrogen) atoms. The van der Waals surface area contributed by atoms with Crippen molar-refractivity contribution in [3.05, 3.63) is 29.5 Å². The zero-order valence-corrected chi connectivity index (χ0v) is 12.8. The molecule has 0 aliphatic carbocycles. The molecule has 0 saturated carbocycles. The smallest absolute Gasteiger partial charge is 0.319 e. The lowest BCUT2D eigenvalue weighted by atomic mass is 10.3. The number of aromatic nitrogens is 3. The highest BCUT2D eigenvalue weighted by Gasteiger charge is 2.07. The van der Waals surface area contributed by atoms with E-state index >= 15 is 0 Å². The van der Waals surface area contributed by atoms with E-state index in [1.807, 2.05) is 0 Å². The molecule has 9 heteroatoms. The van der Waals surface area contributed by atoms with Crippen molar-refractivity contribution in [2.45, 2.75) is 5.16 Å².